The molecule has 4 heteroatoms. The summed E-state index contributed by atoms with van der Waals surface area (Å²) in [4.78, 5) is 15.8. The third-order valence-electron chi connectivity index (χ3n) is 7.56. The highest BCUT2D eigenvalue weighted by Crippen LogP contribution is 2.43. The van der Waals surface area contributed by atoms with Crippen molar-refractivity contribution in [2.45, 2.75) is 37.5 Å². The van der Waals surface area contributed by atoms with Gasteiger partial charge in [0.1, 0.15) is 5.41 Å². The molecule has 0 saturated carbocycles. The summed E-state index contributed by atoms with van der Waals surface area (Å²) < 4.78 is 0. The van der Waals surface area contributed by atoms with Crippen LogP contribution in [-0.4, -0.2) is 44.0 Å². The normalized spacial score (nSPS) is 16.4. The van der Waals surface area contributed by atoms with Crippen molar-refractivity contribution in [3.63, 3.8) is 0 Å². The van der Waals surface area contributed by atoms with E-state index in [-0.39, 0.29) is 11.8 Å². The molecule has 1 aliphatic rings. The monoisotopic (exact) mass is 469 g/mol. The average Bonchev–Trinajstić information content (AvgIpc) is 3.35. The third-order valence-corrected chi connectivity index (χ3v) is 7.56. The standard InChI is InChI=1S/C31H39N3O/c1-33-20-9-13-25-11-8-12-26(23-25)14-10-21-34-22-19-29(24-34)31(30(32)35,27-15-4-2-5-16-27)28-17-6-3-7-18-28/h2-8,11-12,15-18,23,29,33H,9-10,13-14,19-22,24H2,1H3,(H2,32,35). The largest absolute Gasteiger partial charge is 0.369 e. The van der Waals surface area contributed by atoms with E-state index >= 15 is 0 Å². The molecule has 4 nitrogen and oxygen atoms in total. The van der Waals surface area contributed by atoms with Gasteiger partial charge >= 0.3 is 0 Å². The number of nitrogens with one attached hydrogen (secondary N) is 1. The van der Waals surface area contributed by atoms with Gasteiger partial charge < -0.3 is 16.0 Å². The molecule has 3 aromatic rings. The summed E-state index contributed by atoms with van der Waals surface area (Å²) in [6, 6.07) is 29.3. The minimum absolute atomic E-state index is 0.153. The van der Waals surface area contributed by atoms with Crippen LogP contribution in [0.2, 0.25) is 0 Å². The molecule has 184 valence electrons. The maximum atomic E-state index is 13.2. The van der Waals surface area contributed by atoms with Crippen molar-refractivity contribution in [2.24, 2.45) is 11.7 Å². The Morgan fingerprint density at radius 2 is 1.51 bits per heavy atom. The first kappa shape index (κ1) is 25.2. The zero-order valence-electron chi connectivity index (χ0n) is 21.0. The second kappa shape index (κ2) is 12.1. The number of carbonyl (C=O) groups is 1. The lowest BCUT2D eigenvalue weighted by molar-refractivity contribution is -0.123. The van der Waals surface area contributed by atoms with Crippen LogP contribution in [0.3, 0.4) is 0 Å². The summed E-state index contributed by atoms with van der Waals surface area (Å²) in [5.41, 5.74) is 10.3. The molecular formula is C31H39N3O. The Kier molecular flexibility index (Phi) is 8.73. The van der Waals surface area contributed by atoms with Crippen molar-refractivity contribution in [3.8, 4) is 0 Å². The molecule has 3 N–H and O–H groups in total. The number of rotatable bonds is 12. The van der Waals surface area contributed by atoms with Crippen molar-refractivity contribution in [1.29, 1.82) is 0 Å². The molecular weight excluding hydrogens is 430 g/mol. The fraction of sp³-hybridized carbons (Fsp3) is 0.387. The lowest BCUT2D eigenvalue weighted by Crippen LogP contribution is -2.49. The lowest BCUT2D eigenvalue weighted by Gasteiger charge is -2.37. The highest BCUT2D eigenvalue weighted by molar-refractivity contribution is 5.91. The second-order valence-electron chi connectivity index (χ2n) is 9.82. The molecule has 1 unspecified atom stereocenters. The summed E-state index contributed by atoms with van der Waals surface area (Å²) in [6.07, 6.45) is 5.45. The van der Waals surface area contributed by atoms with Crippen LogP contribution in [0, 0.1) is 5.92 Å². The minimum atomic E-state index is -0.807. The molecule has 0 radical (unpaired) electrons. The van der Waals surface area contributed by atoms with Crippen LogP contribution >= 0.6 is 0 Å². The van der Waals surface area contributed by atoms with Gasteiger partial charge in [-0.05, 0) is 87.0 Å². The van der Waals surface area contributed by atoms with Gasteiger partial charge in [0.15, 0.2) is 0 Å². The molecule has 1 aliphatic heterocycles. The van der Waals surface area contributed by atoms with Gasteiger partial charge in [0.25, 0.3) is 0 Å². The Morgan fingerprint density at radius 3 is 2.09 bits per heavy atom. The second-order valence-corrected chi connectivity index (χ2v) is 9.82. The van der Waals surface area contributed by atoms with E-state index in [1.165, 1.54) is 17.5 Å². The summed E-state index contributed by atoms with van der Waals surface area (Å²) in [5.74, 6) is -0.0999. The quantitative estimate of drug-likeness (QED) is 0.382. The first-order chi connectivity index (χ1) is 17.1. The highest BCUT2D eigenvalue weighted by atomic mass is 16.1. The van der Waals surface area contributed by atoms with E-state index in [1.807, 2.05) is 43.4 Å². The fourth-order valence-electron chi connectivity index (χ4n) is 5.83. The first-order valence-electron chi connectivity index (χ1n) is 13.0. The predicted molar refractivity (Wildman–Crippen MR) is 144 cm³/mol. The molecule has 1 atom stereocenters. The van der Waals surface area contributed by atoms with E-state index < -0.39 is 5.41 Å². The number of aryl methyl sites for hydroxylation is 2. The molecule has 1 amide bonds. The number of nitrogens with two attached hydrogens (primary N) is 1. The van der Waals surface area contributed by atoms with Crippen LogP contribution in [0.25, 0.3) is 0 Å². The maximum absolute atomic E-state index is 13.2. The van der Waals surface area contributed by atoms with Crippen molar-refractivity contribution in [3.05, 3.63) is 107 Å². The molecule has 35 heavy (non-hydrogen) atoms. The third kappa shape index (κ3) is 5.83. The Bertz CT molecular complexity index is 1030. The van der Waals surface area contributed by atoms with Crippen molar-refractivity contribution in [2.75, 3.05) is 33.2 Å². The van der Waals surface area contributed by atoms with E-state index in [9.17, 15) is 4.79 Å². The average molecular weight is 470 g/mol. The zero-order chi connectivity index (χ0) is 24.5. The molecule has 3 aromatic carbocycles. The Labute approximate surface area is 210 Å². The van der Waals surface area contributed by atoms with Crippen molar-refractivity contribution >= 4 is 5.91 Å². The number of amides is 1. The Morgan fingerprint density at radius 1 is 0.914 bits per heavy atom. The van der Waals surface area contributed by atoms with Crippen LogP contribution in [0.5, 0.6) is 0 Å². The highest BCUT2D eigenvalue weighted by Gasteiger charge is 2.49. The molecule has 0 bridgehead atoms. The van der Waals surface area contributed by atoms with Gasteiger partial charge in [0, 0.05) is 6.54 Å². The van der Waals surface area contributed by atoms with Gasteiger partial charge in [0.2, 0.25) is 5.91 Å². The molecule has 0 aliphatic carbocycles. The molecule has 0 spiro atoms. The molecule has 4 rings (SSSR count). The Hall–Kier alpha value is -2.95. The summed E-state index contributed by atoms with van der Waals surface area (Å²) >= 11 is 0. The SMILES string of the molecule is CNCCCc1cccc(CCCN2CCC(C(C(N)=O)(c3ccccc3)c3ccccc3)C2)c1. The van der Waals surface area contributed by atoms with Crippen LogP contribution in [0.1, 0.15) is 41.5 Å². The summed E-state index contributed by atoms with van der Waals surface area (Å²) in [7, 11) is 2.01. The van der Waals surface area contributed by atoms with E-state index in [1.54, 1.807) is 0 Å². The number of nitrogens with zero attached hydrogens (tertiary/aromatic N) is 1. The number of primary amides is 1. The number of hydrogen-bond donors (Lipinski definition) is 2. The van der Waals surface area contributed by atoms with Gasteiger partial charge in [-0.25, -0.2) is 0 Å². The smallest absolute Gasteiger partial charge is 0.232 e. The van der Waals surface area contributed by atoms with E-state index in [0.29, 0.717) is 0 Å². The molecule has 0 aromatic heterocycles. The molecule has 1 heterocycles. The fourth-order valence-corrected chi connectivity index (χ4v) is 5.83. The van der Waals surface area contributed by atoms with E-state index in [4.69, 9.17) is 5.73 Å². The van der Waals surface area contributed by atoms with Crippen LogP contribution in [0.15, 0.2) is 84.9 Å². The number of likely N-dealkylation sites (tertiary alicyclic amines) is 1. The van der Waals surface area contributed by atoms with Gasteiger partial charge in [0.05, 0.1) is 0 Å². The van der Waals surface area contributed by atoms with Crippen LogP contribution < -0.4 is 11.1 Å². The number of carbonyl (C=O) groups excluding carboxylic acids is 1. The number of benzene rings is 3. The zero-order valence-corrected chi connectivity index (χ0v) is 21.0. The Balaban J connectivity index is 1.43. The van der Waals surface area contributed by atoms with Gasteiger partial charge in [-0.3, -0.25) is 4.79 Å². The van der Waals surface area contributed by atoms with Crippen molar-refractivity contribution in [1.82, 2.24) is 10.2 Å². The maximum Gasteiger partial charge on any atom is 0.232 e. The van der Waals surface area contributed by atoms with Crippen LogP contribution in [0.4, 0.5) is 0 Å². The first-order valence-corrected chi connectivity index (χ1v) is 13.0. The van der Waals surface area contributed by atoms with Crippen LogP contribution in [-0.2, 0) is 23.1 Å². The van der Waals surface area contributed by atoms with Gasteiger partial charge in [-0.15, -0.1) is 0 Å². The summed E-state index contributed by atoms with van der Waals surface area (Å²) in [6.45, 7) is 3.98. The van der Waals surface area contributed by atoms with Gasteiger partial charge in [-0.2, -0.15) is 0 Å². The lowest BCUT2D eigenvalue weighted by atomic mass is 9.64. The summed E-state index contributed by atoms with van der Waals surface area (Å²) in [5, 5.41) is 3.23. The predicted octanol–water partition coefficient (Wildman–Crippen LogP) is 4.56. The van der Waals surface area contributed by atoms with Crippen molar-refractivity contribution < 1.29 is 4.79 Å². The molecule has 1 saturated heterocycles. The van der Waals surface area contributed by atoms with Gasteiger partial charge in [-0.1, -0.05) is 84.9 Å². The minimum Gasteiger partial charge on any atom is -0.369 e. The topological polar surface area (TPSA) is 58.4 Å². The van der Waals surface area contributed by atoms with E-state index in [2.05, 4.69) is 58.7 Å². The number of hydrogen-bond acceptors (Lipinski definition) is 3. The van der Waals surface area contributed by atoms with E-state index in [0.717, 1.165) is 63.0 Å². The molecule has 1 fully saturated rings.